The van der Waals surface area contributed by atoms with Gasteiger partial charge in [-0.3, -0.25) is 0 Å². The SMILES string of the molecule is CC[C@H](C)C([C@@H](CC(C)=O)OC)N(C)C(=O)[C@@H](NC(=O)[C@@H](N(C)C)I(C)C)C(C)C. The monoisotopic (exact) mass is 541 g/mol. The zero-order valence-electron chi connectivity index (χ0n) is 20.8. The van der Waals surface area contributed by atoms with Crippen LogP contribution in [0.5, 0.6) is 0 Å². The van der Waals surface area contributed by atoms with Gasteiger partial charge in [-0.25, -0.2) is 0 Å². The van der Waals surface area contributed by atoms with Crippen LogP contribution in [0.25, 0.3) is 0 Å². The summed E-state index contributed by atoms with van der Waals surface area (Å²) < 4.78 is 5.47. The molecule has 2 amide bonds. The summed E-state index contributed by atoms with van der Waals surface area (Å²) in [5.74, 6) is -0.109. The van der Waals surface area contributed by atoms with Gasteiger partial charge < -0.3 is 0 Å². The predicted octanol–water partition coefficient (Wildman–Crippen LogP) is 2.65. The third-order valence-corrected chi connectivity index (χ3v) is 9.55. The fourth-order valence-corrected chi connectivity index (χ4v) is 7.33. The van der Waals surface area contributed by atoms with E-state index in [0.717, 1.165) is 6.42 Å². The first-order valence-electron chi connectivity index (χ1n) is 10.5. The Labute approximate surface area is 191 Å². The number of halogens is 1. The number of ether oxygens (including phenoxy) is 1. The van der Waals surface area contributed by atoms with Crippen molar-refractivity contribution in [3.8, 4) is 0 Å². The third kappa shape index (κ3) is 8.42. The van der Waals surface area contributed by atoms with Crippen molar-refractivity contribution >= 4 is 37.4 Å². The molecular weight excluding hydrogens is 497 g/mol. The first-order valence-corrected chi connectivity index (χ1v) is 16.1. The Morgan fingerprint density at radius 2 is 1.60 bits per heavy atom. The summed E-state index contributed by atoms with van der Waals surface area (Å²) >= 11 is -1.48. The molecule has 7 nitrogen and oxygen atoms in total. The van der Waals surface area contributed by atoms with Crippen molar-refractivity contribution in [2.75, 3.05) is 38.1 Å². The Balaban J connectivity index is 5.80. The molecule has 1 unspecified atom stereocenters. The number of nitrogens with one attached hydrogen (secondary N) is 1. The number of hydrogen-bond acceptors (Lipinski definition) is 5. The van der Waals surface area contributed by atoms with Gasteiger partial charge in [0, 0.05) is 0 Å². The third-order valence-electron chi connectivity index (χ3n) is 5.51. The van der Waals surface area contributed by atoms with Crippen molar-refractivity contribution in [2.24, 2.45) is 11.8 Å². The van der Waals surface area contributed by atoms with E-state index < -0.39 is 25.9 Å². The molecule has 0 bridgehead atoms. The van der Waals surface area contributed by atoms with Crippen LogP contribution >= 0.6 is 19.8 Å². The molecule has 0 fully saturated rings. The summed E-state index contributed by atoms with van der Waals surface area (Å²) in [6.45, 7) is 9.55. The average molecular weight is 542 g/mol. The number of ketones is 1. The van der Waals surface area contributed by atoms with Gasteiger partial charge in [0.15, 0.2) is 0 Å². The summed E-state index contributed by atoms with van der Waals surface area (Å²) in [5, 5.41) is 3.03. The maximum atomic E-state index is 13.5. The fourth-order valence-electron chi connectivity index (χ4n) is 3.79. The van der Waals surface area contributed by atoms with Gasteiger partial charge in [0.2, 0.25) is 0 Å². The number of Topliss-reactive ketones (excluding diaryl/α,β-unsaturated/α-hetero) is 1. The van der Waals surface area contributed by atoms with Crippen LogP contribution in [0.3, 0.4) is 0 Å². The summed E-state index contributed by atoms with van der Waals surface area (Å²) in [6.07, 6.45) is 0.721. The Kier molecular flexibility index (Phi) is 13.3. The van der Waals surface area contributed by atoms with Crippen molar-refractivity contribution < 1.29 is 19.1 Å². The van der Waals surface area contributed by atoms with E-state index in [4.69, 9.17) is 4.74 Å². The van der Waals surface area contributed by atoms with Crippen molar-refractivity contribution in [3.05, 3.63) is 0 Å². The molecule has 30 heavy (non-hydrogen) atoms. The van der Waals surface area contributed by atoms with Crippen molar-refractivity contribution in [1.82, 2.24) is 15.1 Å². The molecule has 0 aliphatic heterocycles. The second-order valence-electron chi connectivity index (χ2n) is 8.85. The minimum absolute atomic E-state index is 0.0288. The van der Waals surface area contributed by atoms with E-state index in [-0.39, 0.29) is 52.0 Å². The van der Waals surface area contributed by atoms with Crippen molar-refractivity contribution in [1.29, 1.82) is 0 Å². The second kappa shape index (κ2) is 13.6. The molecule has 0 aromatic carbocycles. The Morgan fingerprint density at radius 3 is 1.93 bits per heavy atom. The van der Waals surface area contributed by atoms with E-state index in [1.165, 1.54) is 6.92 Å². The van der Waals surface area contributed by atoms with Crippen molar-refractivity contribution in [2.45, 2.75) is 69.7 Å². The van der Waals surface area contributed by atoms with E-state index >= 15 is 0 Å². The Morgan fingerprint density at radius 1 is 1.07 bits per heavy atom. The van der Waals surface area contributed by atoms with Crippen LogP contribution in [0.4, 0.5) is 0 Å². The number of nitrogens with zero attached hydrogens (tertiary/aromatic N) is 2. The van der Waals surface area contributed by atoms with Gasteiger partial charge in [0.1, 0.15) is 0 Å². The molecule has 1 N–H and O–H groups in total. The number of carbonyl (C=O) groups excluding carboxylic acids is 3. The molecule has 5 atom stereocenters. The van der Waals surface area contributed by atoms with Crippen LogP contribution in [0.1, 0.15) is 47.5 Å². The Bertz CT molecular complexity index is 561. The zero-order chi connectivity index (χ0) is 23.8. The minimum atomic E-state index is -1.48. The summed E-state index contributed by atoms with van der Waals surface area (Å²) in [4.78, 5) is 46.2. The molecular formula is C22H44IN3O4. The van der Waals surface area contributed by atoms with Crippen LogP contribution < -0.4 is 5.32 Å². The Hall–Kier alpha value is -0.740. The quantitative estimate of drug-likeness (QED) is 0.221. The molecule has 0 aliphatic carbocycles. The van der Waals surface area contributed by atoms with Crippen LogP contribution in [0, 0.1) is 11.8 Å². The van der Waals surface area contributed by atoms with Crippen LogP contribution in [-0.2, 0) is 19.1 Å². The van der Waals surface area contributed by atoms with Crippen LogP contribution in [-0.4, -0.2) is 87.7 Å². The fraction of sp³-hybridized carbons (Fsp3) is 0.864. The van der Waals surface area contributed by atoms with Gasteiger partial charge in [0.25, 0.3) is 0 Å². The second-order valence-corrected chi connectivity index (χ2v) is 14.7. The number of likely N-dealkylation sites (N-methyl/N-ethyl adjacent to an activating group) is 2. The summed E-state index contributed by atoms with van der Waals surface area (Å²) in [7, 11) is 7.15. The van der Waals surface area contributed by atoms with Gasteiger partial charge in [0.05, 0.1) is 0 Å². The van der Waals surface area contributed by atoms with Gasteiger partial charge in [-0.1, -0.05) is 0 Å². The molecule has 0 heterocycles. The van der Waals surface area contributed by atoms with Gasteiger partial charge in [-0.2, -0.15) is 0 Å². The molecule has 0 saturated heterocycles. The van der Waals surface area contributed by atoms with Gasteiger partial charge >= 0.3 is 191 Å². The van der Waals surface area contributed by atoms with Crippen molar-refractivity contribution in [3.63, 3.8) is 0 Å². The number of amides is 2. The standard InChI is InChI=1S/C22H44IN3O4/c1-12-15(4)19(17(30-11)13-16(5)27)26(10)22(29)18(14(2)3)24-21(28)20(23(6)7)25(8)9/h14-15,17-20H,12-13H2,1-11H3,(H,24,28)/t15-,17+,18-,19?,20+/m0/s1. The van der Waals surface area contributed by atoms with Gasteiger partial charge in [-0.15, -0.1) is 0 Å². The van der Waals surface area contributed by atoms with E-state index in [1.54, 1.807) is 19.1 Å². The molecule has 178 valence electrons. The van der Waals surface area contributed by atoms with E-state index in [9.17, 15) is 14.4 Å². The molecule has 0 rings (SSSR count). The van der Waals surface area contributed by atoms with E-state index in [2.05, 4.69) is 29.0 Å². The first-order chi connectivity index (χ1) is 13.8. The normalized spacial score (nSPS) is 17.2. The average Bonchev–Trinajstić information content (AvgIpc) is 2.63. The van der Waals surface area contributed by atoms with Crippen LogP contribution in [0.15, 0.2) is 0 Å². The summed E-state index contributed by atoms with van der Waals surface area (Å²) in [6, 6.07) is -0.873. The molecule has 0 aliphatic rings. The molecule has 0 aromatic heterocycles. The van der Waals surface area contributed by atoms with E-state index in [0.29, 0.717) is 0 Å². The number of methoxy groups -OCH3 is 1. The number of hydrogen-bond donors (Lipinski definition) is 1. The first kappa shape index (κ1) is 29.3. The number of rotatable bonds is 13. The topological polar surface area (TPSA) is 79.0 Å². The van der Waals surface area contributed by atoms with E-state index in [1.807, 2.05) is 32.8 Å². The predicted molar refractivity (Wildman–Crippen MR) is 132 cm³/mol. The summed E-state index contributed by atoms with van der Waals surface area (Å²) in [5.41, 5.74) is 0. The zero-order valence-corrected chi connectivity index (χ0v) is 22.9. The molecule has 8 heteroatoms. The molecule has 0 radical (unpaired) electrons. The molecule has 0 spiro atoms. The number of alkyl halides is 3. The maximum absolute atomic E-state index is 13.5. The molecule has 0 aromatic rings. The van der Waals surface area contributed by atoms with Gasteiger partial charge in [-0.05, 0) is 0 Å². The number of carbonyl (C=O) groups is 3. The molecule has 0 saturated carbocycles. The van der Waals surface area contributed by atoms with Crippen LogP contribution in [0.2, 0.25) is 0 Å².